The minimum absolute atomic E-state index is 0.281. The fourth-order valence-electron chi connectivity index (χ4n) is 3.18. The van der Waals surface area contributed by atoms with Crippen LogP contribution in [0.4, 0.5) is 5.13 Å². The monoisotopic (exact) mass is 383 g/mol. The molecule has 0 aromatic carbocycles. The molecule has 3 N–H and O–H groups in total. The molecule has 25 heavy (non-hydrogen) atoms. The summed E-state index contributed by atoms with van der Waals surface area (Å²) in [4.78, 5) is 18.8. The molecule has 1 aromatic heterocycles. The first-order chi connectivity index (χ1) is 12.1. The zero-order chi connectivity index (χ0) is 17.6. The Morgan fingerprint density at radius 2 is 2.08 bits per heavy atom. The van der Waals surface area contributed by atoms with Crippen molar-refractivity contribution in [2.45, 2.75) is 38.6 Å². The molecule has 2 heterocycles. The fraction of sp³-hybridized carbons (Fsp3) is 0.688. The van der Waals surface area contributed by atoms with Crippen LogP contribution in [0.5, 0.6) is 0 Å². The van der Waals surface area contributed by atoms with Crippen LogP contribution in [-0.2, 0) is 4.74 Å². The number of hydrogen-bond donors (Lipinski definition) is 3. The van der Waals surface area contributed by atoms with Crippen molar-refractivity contribution in [2.24, 2.45) is 5.92 Å². The highest BCUT2D eigenvalue weighted by molar-refractivity contribution is 7.80. The van der Waals surface area contributed by atoms with Gasteiger partial charge in [0, 0.05) is 24.5 Å². The maximum absolute atomic E-state index is 12.2. The number of hydrazine groups is 1. The maximum atomic E-state index is 12.2. The summed E-state index contributed by atoms with van der Waals surface area (Å²) < 4.78 is 5.33. The Kier molecular flexibility index (Phi) is 6.44. The van der Waals surface area contributed by atoms with Gasteiger partial charge in [-0.3, -0.25) is 15.6 Å². The van der Waals surface area contributed by atoms with E-state index in [1.807, 2.05) is 0 Å². The maximum Gasteiger partial charge on any atom is 0.289 e. The Bertz CT molecular complexity index is 603. The Morgan fingerprint density at radius 3 is 2.84 bits per heavy atom. The average molecular weight is 384 g/mol. The molecule has 1 amide bonds. The molecule has 7 nitrogen and oxygen atoms in total. The molecule has 3 rings (SSSR count). The highest BCUT2D eigenvalue weighted by Crippen LogP contribution is 2.23. The number of carbonyl (C=O) groups excluding carboxylic acids is 1. The van der Waals surface area contributed by atoms with Gasteiger partial charge in [-0.15, -0.1) is 11.3 Å². The van der Waals surface area contributed by atoms with Gasteiger partial charge in [-0.1, -0.05) is 19.8 Å². The lowest BCUT2D eigenvalue weighted by atomic mass is 9.86. The van der Waals surface area contributed by atoms with Crippen molar-refractivity contribution in [1.29, 1.82) is 0 Å². The highest BCUT2D eigenvalue weighted by Gasteiger charge is 2.22. The van der Waals surface area contributed by atoms with Crippen molar-refractivity contribution < 1.29 is 9.53 Å². The van der Waals surface area contributed by atoms with E-state index in [0.717, 1.165) is 24.6 Å². The van der Waals surface area contributed by atoms with Crippen LogP contribution in [-0.4, -0.2) is 48.3 Å². The Hall–Kier alpha value is -1.45. The minimum atomic E-state index is -0.281. The van der Waals surface area contributed by atoms with Crippen molar-refractivity contribution in [3.63, 3.8) is 0 Å². The van der Waals surface area contributed by atoms with E-state index < -0.39 is 0 Å². The van der Waals surface area contributed by atoms with Crippen LogP contribution in [0.3, 0.4) is 0 Å². The summed E-state index contributed by atoms with van der Waals surface area (Å²) in [6.45, 7) is 5.24. The molecule has 0 unspecified atom stereocenters. The minimum Gasteiger partial charge on any atom is -0.378 e. The van der Waals surface area contributed by atoms with Gasteiger partial charge in [0.25, 0.3) is 5.91 Å². The van der Waals surface area contributed by atoms with Crippen LogP contribution in [0.15, 0.2) is 5.38 Å². The number of ether oxygens (including phenoxy) is 1. The summed E-state index contributed by atoms with van der Waals surface area (Å²) in [5, 5.41) is 6.37. The standard InChI is InChI=1S/C16H25N5O2S2/c1-11-4-2-3-5-12(11)17-15(24)20-19-14(22)13-10-25-16(18-13)21-6-8-23-9-7-21/h10-12H,2-9H2,1H3,(H,19,22)(H2,17,20,24)/t11-,12-/m1/s1. The van der Waals surface area contributed by atoms with E-state index in [0.29, 0.717) is 36.0 Å². The first-order valence-corrected chi connectivity index (χ1v) is 10.1. The Balaban J connectivity index is 1.45. The van der Waals surface area contributed by atoms with Crippen molar-refractivity contribution >= 4 is 39.7 Å². The number of hydrogen-bond acceptors (Lipinski definition) is 6. The topological polar surface area (TPSA) is 78.5 Å². The SMILES string of the molecule is C[C@@H]1CCCC[C@H]1NC(=S)NNC(=O)c1csc(N2CCOCC2)n1. The number of aromatic nitrogens is 1. The van der Waals surface area contributed by atoms with Crippen LogP contribution < -0.4 is 21.1 Å². The van der Waals surface area contributed by atoms with Crippen LogP contribution in [0.1, 0.15) is 43.1 Å². The number of morpholine rings is 1. The van der Waals surface area contributed by atoms with Gasteiger partial charge < -0.3 is 15.0 Å². The van der Waals surface area contributed by atoms with E-state index >= 15 is 0 Å². The zero-order valence-corrected chi connectivity index (χ0v) is 16.0. The molecule has 2 fully saturated rings. The second-order valence-corrected chi connectivity index (χ2v) is 7.78. The lowest BCUT2D eigenvalue weighted by molar-refractivity contribution is 0.0939. The third-order valence-electron chi connectivity index (χ3n) is 4.72. The molecule has 0 bridgehead atoms. The first kappa shape index (κ1) is 18.3. The van der Waals surface area contributed by atoms with Gasteiger partial charge in [-0.2, -0.15) is 0 Å². The molecule has 0 spiro atoms. The highest BCUT2D eigenvalue weighted by atomic mass is 32.1. The van der Waals surface area contributed by atoms with E-state index in [1.165, 1.54) is 30.6 Å². The molecule has 1 aliphatic heterocycles. The number of rotatable bonds is 3. The van der Waals surface area contributed by atoms with E-state index in [-0.39, 0.29) is 5.91 Å². The van der Waals surface area contributed by atoms with E-state index in [4.69, 9.17) is 17.0 Å². The van der Waals surface area contributed by atoms with Crippen LogP contribution in [0.2, 0.25) is 0 Å². The largest absolute Gasteiger partial charge is 0.378 e. The molecule has 1 aliphatic carbocycles. The second kappa shape index (κ2) is 8.77. The van der Waals surface area contributed by atoms with Crippen molar-refractivity contribution in [1.82, 2.24) is 21.2 Å². The summed E-state index contributed by atoms with van der Waals surface area (Å²) in [5.41, 5.74) is 5.81. The summed E-state index contributed by atoms with van der Waals surface area (Å²) in [5.74, 6) is 0.315. The van der Waals surface area contributed by atoms with Crippen molar-refractivity contribution in [2.75, 3.05) is 31.2 Å². The average Bonchev–Trinajstić information content (AvgIpc) is 3.13. The molecule has 1 aromatic rings. The summed E-state index contributed by atoms with van der Waals surface area (Å²) in [6.07, 6.45) is 4.84. The number of thiazole rings is 1. The second-order valence-electron chi connectivity index (χ2n) is 6.54. The Labute approximate surface area is 157 Å². The van der Waals surface area contributed by atoms with E-state index in [1.54, 1.807) is 5.38 Å². The molecule has 2 atom stereocenters. The molecule has 2 aliphatic rings. The number of nitrogens with one attached hydrogen (secondary N) is 3. The number of nitrogens with zero attached hydrogens (tertiary/aromatic N) is 2. The van der Waals surface area contributed by atoms with Crippen molar-refractivity contribution in [3.8, 4) is 0 Å². The number of anilines is 1. The summed E-state index contributed by atoms with van der Waals surface area (Å²) in [6, 6.07) is 0.373. The molecular formula is C16H25N5O2S2. The predicted octanol–water partition coefficient (Wildman–Crippen LogP) is 1.67. The van der Waals surface area contributed by atoms with Gasteiger partial charge in [-0.25, -0.2) is 4.98 Å². The molecule has 138 valence electrons. The molecule has 1 saturated heterocycles. The molecular weight excluding hydrogens is 358 g/mol. The third-order valence-corrected chi connectivity index (χ3v) is 5.85. The van der Waals surface area contributed by atoms with Crippen LogP contribution in [0.25, 0.3) is 0 Å². The summed E-state index contributed by atoms with van der Waals surface area (Å²) >= 11 is 6.76. The quantitative estimate of drug-likeness (QED) is 0.541. The van der Waals surface area contributed by atoms with Gasteiger partial charge in [0.05, 0.1) is 13.2 Å². The van der Waals surface area contributed by atoms with Gasteiger partial charge in [0.15, 0.2) is 10.2 Å². The normalized spacial score (nSPS) is 23.8. The molecule has 0 radical (unpaired) electrons. The molecule has 9 heteroatoms. The fourth-order valence-corrected chi connectivity index (χ4v) is 4.24. The van der Waals surface area contributed by atoms with Gasteiger partial charge in [-0.05, 0) is 31.0 Å². The Morgan fingerprint density at radius 1 is 1.32 bits per heavy atom. The third kappa shape index (κ3) is 5.02. The van der Waals surface area contributed by atoms with Crippen molar-refractivity contribution in [3.05, 3.63) is 11.1 Å². The van der Waals surface area contributed by atoms with E-state index in [2.05, 4.69) is 33.0 Å². The number of amides is 1. The zero-order valence-electron chi connectivity index (χ0n) is 14.4. The molecule has 1 saturated carbocycles. The van der Waals surface area contributed by atoms with Gasteiger partial charge in [0.2, 0.25) is 0 Å². The van der Waals surface area contributed by atoms with E-state index in [9.17, 15) is 4.79 Å². The number of thiocarbonyl (C=S) groups is 1. The number of carbonyl (C=O) groups is 1. The summed E-state index contributed by atoms with van der Waals surface area (Å²) in [7, 11) is 0. The first-order valence-electron chi connectivity index (χ1n) is 8.78. The lowest BCUT2D eigenvalue weighted by Crippen LogP contribution is -2.51. The van der Waals surface area contributed by atoms with Gasteiger partial charge in [0.1, 0.15) is 5.69 Å². The van der Waals surface area contributed by atoms with Crippen LogP contribution >= 0.6 is 23.6 Å². The lowest BCUT2D eigenvalue weighted by Gasteiger charge is -2.30. The predicted molar refractivity (Wildman–Crippen MR) is 103 cm³/mol. The van der Waals surface area contributed by atoms with Gasteiger partial charge >= 0.3 is 0 Å². The smallest absolute Gasteiger partial charge is 0.289 e. The van der Waals surface area contributed by atoms with Crippen LogP contribution in [0, 0.1) is 5.92 Å².